The number of nitrogens with zero attached hydrogens (tertiary/aromatic N) is 1. The molecule has 2 aromatic heterocycles. The highest BCUT2D eigenvalue weighted by Crippen LogP contribution is 2.40. The van der Waals surface area contributed by atoms with Crippen LogP contribution in [0.1, 0.15) is 54.0 Å². The summed E-state index contributed by atoms with van der Waals surface area (Å²) in [5.41, 5.74) is 2.51. The minimum Gasteiger partial charge on any atom is -0.497 e. The third-order valence-electron chi connectivity index (χ3n) is 6.05. The lowest BCUT2D eigenvalue weighted by molar-refractivity contribution is -0.124. The van der Waals surface area contributed by atoms with Gasteiger partial charge in [-0.3, -0.25) is 19.9 Å². The Labute approximate surface area is 206 Å². The lowest BCUT2D eigenvalue weighted by atomic mass is 9.94. The first kappa shape index (κ1) is 26.0. The molecule has 2 N–H and O–H groups in total. The number of hydrogen-bond donors (Lipinski definition) is 2. The van der Waals surface area contributed by atoms with Crippen LogP contribution in [0.4, 0.5) is 4.79 Å². The lowest BCUT2D eigenvalue weighted by Crippen LogP contribution is -2.42. The predicted molar refractivity (Wildman–Crippen MR) is 138 cm³/mol. The molecule has 1 aliphatic heterocycles. The number of carbonyl (C=O) groups is 3. The predicted octanol–water partition coefficient (Wildman–Crippen LogP) is 4.79. The first-order valence-electron chi connectivity index (χ1n) is 11.2. The number of urea groups is 1. The van der Waals surface area contributed by atoms with Crippen molar-refractivity contribution >= 4 is 42.3 Å². The maximum absolute atomic E-state index is 12.2. The van der Waals surface area contributed by atoms with Gasteiger partial charge in [0.25, 0.3) is 5.91 Å². The molecular formula is C26H30N3O5P. The van der Waals surface area contributed by atoms with E-state index in [9.17, 15) is 14.4 Å². The molecule has 0 radical (unpaired) electrons. The van der Waals surface area contributed by atoms with Gasteiger partial charge in [0, 0.05) is 27.7 Å². The summed E-state index contributed by atoms with van der Waals surface area (Å²) in [7, 11) is 3.44. The second-order valence-corrected chi connectivity index (χ2v) is 9.39. The minimum atomic E-state index is -0.964. The quantitative estimate of drug-likeness (QED) is 0.277. The van der Waals surface area contributed by atoms with E-state index in [-0.39, 0.29) is 19.9 Å². The van der Waals surface area contributed by atoms with Crippen molar-refractivity contribution in [2.45, 2.75) is 39.2 Å². The molecule has 4 rings (SSSR count). The van der Waals surface area contributed by atoms with Crippen LogP contribution in [0.5, 0.6) is 5.75 Å². The Morgan fingerprint density at radius 3 is 2.46 bits per heavy atom. The molecule has 3 heterocycles. The summed E-state index contributed by atoms with van der Waals surface area (Å²) < 4.78 is 10.2. The van der Waals surface area contributed by atoms with E-state index in [4.69, 9.17) is 9.47 Å². The van der Waals surface area contributed by atoms with Crippen LogP contribution in [-0.2, 0) is 21.5 Å². The minimum absolute atomic E-state index is 0.0933. The van der Waals surface area contributed by atoms with Crippen molar-refractivity contribution in [3.05, 3.63) is 65.1 Å². The molecule has 184 valence electrons. The highest BCUT2D eigenvalue weighted by Gasteiger charge is 2.46. The van der Waals surface area contributed by atoms with E-state index in [0.717, 1.165) is 44.8 Å². The normalized spacial score (nSPS) is 16.9. The second-order valence-electron chi connectivity index (χ2n) is 8.07. The number of Topliss-reactive ketones (excluding diaryl/α,β-unsaturated/α-hetero) is 1. The molecule has 0 aliphatic carbocycles. The number of amides is 3. The molecule has 1 aromatic carbocycles. The van der Waals surface area contributed by atoms with E-state index < -0.39 is 11.6 Å². The van der Waals surface area contributed by atoms with Gasteiger partial charge in [0.1, 0.15) is 17.0 Å². The highest BCUT2D eigenvalue weighted by molar-refractivity contribution is 7.38. The number of benzene rings is 1. The van der Waals surface area contributed by atoms with E-state index in [1.165, 1.54) is 0 Å². The van der Waals surface area contributed by atoms with Gasteiger partial charge in [-0.1, -0.05) is 26.5 Å². The number of ether oxygens (including phenoxy) is 2. The molecule has 2 atom stereocenters. The van der Waals surface area contributed by atoms with Crippen LogP contribution in [0.15, 0.2) is 43.1 Å². The zero-order valence-electron chi connectivity index (χ0n) is 20.6. The zero-order valence-corrected chi connectivity index (χ0v) is 21.6. The van der Waals surface area contributed by atoms with Gasteiger partial charge >= 0.3 is 6.03 Å². The van der Waals surface area contributed by atoms with Gasteiger partial charge in [-0.25, -0.2) is 4.79 Å². The third-order valence-corrected chi connectivity index (χ3v) is 7.56. The lowest BCUT2D eigenvalue weighted by Gasteiger charge is -2.23. The van der Waals surface area contributed by atoms with Gasteiger partial charge < -0.3 is 14.8 Å². The number of aryl methyl sites for hydroxylation is 1. The van der Waals surface area contributed by atoms with Crippen molar-refractivity contribution < 1.29 is 23.9 Å². The molecule has 0 bridgehead atoms. The summed E-state index contributed by atoms with van der Waals surface area (Å²) in [6, 6.07) is 9.02. The number of rotatable bonds is 7. The van der Waals surface area contributed by atoms with Gasteiger partial charge in [-0.15, -0.1) is 8.19 Å². The number of imide groups is 1. The Morgan fingerprint density at radius 2 is 1.91 bits per heavy atom. The highest BCUT2D eigenvalue weighted by atomic mass is 31.0. The molecule has 9 heteroatoms. The SMILES string of the molecule is C=C(OC)c1cnc2cc([C@]3(CC)NC(=O)NC3=O)[pH]c2c1.CCc1ccc(OC)cc1C(C)=O. The Kier molecular flexibility index (Phi) is 7.97. The van der Waals surface area contributed by atoms with Gasteiger partial charge in [0.05, 0.1) is 19.7 Å². The van der Waals surface area contributed by atoms with E-state index in [1.54, 1.807) is 33.4 Å². The first-order valence-corrected chi connectivity index (χ1v) is 12.2. The summed E-state index contributed by atoms with van der Waals surface area (Å²) in [6.45, 7) is 9.31. The van der Waals surface area contributed by atoms with Crippen molar-refractivity contribution in [2.24, 2.45) is 0 Å². The molecule has 1 fully saturated rings. The molecule has 8 nitrogen and oxygen atoms in total. The molecule has 1 unspecified atom stereocenters. The average molecular weight is 496 g/mol. The van der Waals surface area contributed by atoms with E-state index >= 15 is 0 Å². The molecule has 1 aliphatic rings. The van der Waals surface area contributed by atoms with Gasteiger partial charge in [0.15, 0.2) is 5.78 Å². The van der Waals surface area contributed by atoms with E-state index in [0.29, 0.717) is 12.2 Å². The second kappa shape index (κ2) is 10.7. The molecule has 0 saturated carbocycles. The fourth-order valence-corrected chi connectivity index (χ4v) is 5.51. The number of hydrogen-bond acceptors (Lipinski definition) is 6. The van der Waals surface area contributed by atoms with Crippen molar-refractivity contribution in [1.82, 2.24) is 15.6 Å². The van der Waals surface area contributed by atoms with E-state index in [1.807, 2.05) is 38.1 Å². The Balaban J connectivity index is 0.000000225. The van der Waals surface area contributed by atoms with Crippen molar-refractivity contribution in [1.29, 1.82) is 0 Å². The van der Waals surface area contributed by atoms with Gasteiger partial charge in [-0.05, 0) is 49.6 Å². The number of carbonyl (C=O) groups excluding carboxylic acids is 3. The summed E-state index contributed by atoms with van der Waals surface area (Å²) in [5, 5.41) is 6.98. The number of pyridine rings is 1. The fraction of sp³-hybridized carbons (Fsp3) is 0.308. The largest absolute Gasteiger partial charge is 0.497 e. The van der Waals surface area contributed by atoms with Crippen molar-refractivity contribution in [3.63, 3.8) is 0 Å². The maximum atomic E-state index is 12.2. The van der Waals surface area contributed by atoms with Crippen LogP contribution in [0, 0.1) is 0 Å². The molecular weight excluding hydrogens is 465 g/mol. The summed E-state index contributed by atoms with van der Waals surface area (Å²) in [6.07, 6.45) is 3.06. The van der Waals surface area contributed by atoms with Crippen LogP contribution in [-0.4, -0.2) is 36.9 Å². The monoisotopic (exact) mass is 495 g/mol. The van der Waals surface area contributed by atoms with Crippen molar-refractivity contribution in [3.8, 4) is 5.75 Å². The Bertz CT molecular complexity index is 1300. The molecule has 35 heavy (non-hydrogen) atoms. The smallest absolute Gasteiger partial charge is 0.322 e. The summed E-state index contributed by atoms with van der Waals surface area (Å²) >= 11 is 0. The van der Waals surface area contributed by atoms with Gasteiger partial charge in [-0.2, -0.15) is 0 Å². The summed E-state index contributed by atoms with van der Waals surface area (Å²) in [4.78, 5) is 39.4. The fourth-order valence-electron chi connectivity index (χ4n) is 3.95. The summed E-state index contributed by atoms with van der Waals surface area (Å²) in [5.74, 6) is 1.08. The van der Waals surface area contributed by atoms with E-state index in [2.05, 4.69) is 22.2 Å². The number of fused-ring (bicyclic) bond motifs is 1. The average Bonchev–Trinajstić information content (AvgIpc) is 3.42. The van der Waals surface area contributed by atoms with Gasteiger partial charge in [0.2, 0.25) is 0 Å². The van der Waals surface area contributed by atoms with Crippen molar-refractivity contribution in [2.75, 3.05) is 14.2 Å². The van der Waals surface area contributed by atoms with Crippen LogP contribution in [0.2, 0.25) is 0 Å². The van der Waals surface area contributed by atoms with Crippen LogP contribution < -0.4 is 15.4 Å². The topological polar surface area (TPSA) is 107 Å². The number of aromatic nitrogens is 1. The first-order chi connectivity index (χ1) is 16.7. The van der Waals surface area contributed by atoms with Crippen LogP contribution in [0.3, 0.4) is 0 Å². The molecule has 3 amide bonds. The molecule has 1 saturated heterocycles. The maximum Gasteiger partial charge on any atom is 0.322 e. The molecule has 3 aromatic rings. The Hall–Kier alpha value is -3.64. The van der Waals surface area contributed by atoms with Crippen LogP contribution >= 0.6 is 8.19 Å². The molecule has 0 spiro atoms. The number of ketones is 1. The number of methoxy groups -OCH3 is 2. The van der Waals surface area contributed by atoms with Crippen LogP contribution in [0.25, 0.3) is 16.4 Å². The standard InChI is InChI=1S/C15H16N3O3P.C11H14O2/c1-4-15(13(19)17-14(20)18-15)12-6-10-11(22-12)5-9(7-16-10)8(2)21-3;1-4-9-5-6-10(13-3)7-11(9)8(2)12/h5-7,22H,2,4H2,1,3H3,(H2,17,18,19,20);5-7H,4H2,1-3H3/t15-;/m0./s1. The number of nitrogens with one attached hydrogen (secondary N) is 2. The zero-order chi connectivity index (χ0) is 25.8. The Morgan fingerprint density at radius 1 is 1.17 bits per heavy atom. The third kappa shape index (κ3) is 5.23.